The van der Waals surface area contributed by atoms with Crippen molar-refractivity contribution in [3.63, 3.8) is 0 Å². The Labute approximate surface area is 125 Å². The van der Waals surface area contributed by atoms with E-state index in [0.717, 1.165) is 16.9 Å². The summed E-state index contributed by atoms with van der Waals surface area (Å²) < 4.78 is 10.6. The number of aliphatic hydroxyl groups is 1. The highest BCUT2D eigenvalue weighted by molar-refractivity contribution is 5.52. The minimum atomic E-state index is -0.912. The smallest absolute Gasteiger partial charge is 0.144 e. The van der Waals surface area contributed by atoms with Crippen molar-refractivity contribution < 1.29 is 14.6 Å². The first-order valence-electron chi connectivity index (χ1n) is 6.63. The number of aliphatic hydroxyl groups excluding tert-OH is 1. The molecular formula is C18H18O3. The van der Waals surface area contributed by atoms with Gasteiger partial charge in [-0.3, -0.25) is 0 Å². The fourth-order valence-corrected chi connectivity index (χ4v) is 2.15. The van der Waals surface area contributed by atoms with Gasteiger partial charge in [0.05, 0.1) is 14.2 Å². The van der Waals surface area contributed by atoms with Gasteiger partial charge in [0.15, 0.2) is 0 Å². The van der Waals surface area contributed by atoms with Crippen LogP contribution < -0.4 is 9.47 Å². The highest BCUT2D eigenvalue weighted by Crippen LogP contribution is 2.34. The van der Waals surface area contributed by atoms with Gasteiger partial charge in [-0.05, 0) is 31.2 Å². The van der Waals surface area contributed by atoms with Gasteiger partial charge in [-0.25, -0.2) is 0 Å². The average molecular weight is 282 g/mol. The van der Waals surface area contributed by atoms with E-state index in [1.165, 1.54) is 0 Å². The predicted molar refractivity (Wildman–Crippen MR) is 82.6 cm³/mol. The lowest BCUT2D eigenvalue weighted by atomic mass is 10.0. The van der Waals surface area contributed by atoms with Crippen LogP contribution in [0.1, 0.15) is 22.8 Å². The third-order valence-corrected chi connectivity index (χ3v) is 3.23. The molecule has 1 N–H and O–H groups in total. The fraction of sp³-hybridized carbons (Fsp3) is 0.222. The summed E-state index contributed by atoms with van der Waals surface area (Å²) in [6, 6.07) is 13.1. The second-order valence-corrected chi connectivity index (χ2v) is 4.55. The molecule has 3 nitrogen and oxygen atoms in total. The first-order chi connectivity index (χ1) is 10.2. The standard InChI is InChI=1S/C18H18O3/c1-13-17(20-2)12-10-15(18(13)21-3)16(19)11-9-14-7-5-4-6-8-14/h4-8,10,12,16,19H,1-3H3/t16-/m1/s1. The van der Waals surface area contributed by atoms with Crippen LogP contribution in [0.4, 0.5) is 0 Å². The molecule has 0 heterocycles. The molecular weight excluding hydrogens is 264 g/mol. The Morgan fingerprint density at radius 3 is 2.33 bits per heavy atom. The molecule has 0 spiro atoms. The average Bonchev–Trinajstić information content (AvgIpc) is 2.53. The lowest BCUT2D eigenvalue weighted by molar-refractivity contribution is 0.231. The fourth-order valence-electron chi connectivity index (χ4n) is 2.15. The first-order valence-corrected chi connectivity index (χ1v) is 6.63. The molecule has 0 unspecified atom stereocenters. The van der Waals surface area contributed by atoms with Crippen LogP contribution in [0.3, 0.4) is 0 Å². The molecule has 0 amide bonds. The number of benzene rings is 2. The third kappa shape index (κ3) is 3.36. The topological polar surface area (TPSA) is 38.7 Å². The quantitative estimate of drug-likeness (QED) is 0.879. The monoisotopic (exact) mass is 282 g/mol. The molecule has 2 rings (SSSR count). The first kappa shape index (κ1) is 15.0. The zero-order valence-electron chi connectivity index (χ0n) is 12.4. The Bertz CT molecular complexity index is 666. The van der Waals surface area contributed by atoms with E-state index >= 15 is 0 Å². The second kappa shape index (κ2) is 6.83. The number of rotatable bonds is 3. The van der Waals surface area contributed by atoms with E-state index in [4.69, 9.17) is 9.47 Å². The van der Waals surface area contributed by atoms with Crippen LogP contribution in [-0.4, -0.2) is 19.3 Å². The predicted octanol–water partition coefficient (Wildman–Crippen LogP) is 3.10. The third-order valence-electron chi connectivity index (χ3n) is 3.23. The molecule has 0 bridgehead atoms. The maximum atomic E-state index is 10.3. The molecule has 0 radical (unpaired) electrons. The van der Waals surface area contributed by atoms with Crippen molar-refractivity contribution in [1.29, 1.82) is 0 Å². The Morgan fingerprint density at radius 1 is 1.00 bits per heavy atom. The van der Waals surface area contributed by atoms with Gasteiger partial charge >= 0.3 is 0 Å². The second-order valence-electron chi connectivity index (χ2n) is 4.55. The number of hydrogen-bond donors (Lipinski definition) is 1. The van der Waals surface area contributed by atoms with Gasteiger partial charge in [0.1, 0.15) is 17.6 Å². The van der Waals surface area contributed by atoms with Gasteiger partial charge < -0.3 is 14.6 Å². The van der Waals surface area contributed by atoms with Gasteiger partial charge in [0.25, 0.3) is 0 Å². The van der Waals surface area contributed by atoms with Crippen LogP contribution >= 0.6 is 0 Å². The van der Waals surface area contributed by atoms with Crippen LogP contribution in [0.5, 0.6) is 11.5 Å². The van der Waals surface area contributed by atoms with Crippen LogP contribution in [0.2, 0.25) is 0 Å². The summed E-state index contributed by atoms with van der Waals surface area (Å²) in [5.74, 6) is 7.12. The van der Waals surface area contributed by atoms with Crippen molar-refractivity contribution in [2.45, 2.75) is 13.0 Å². The number of ether oxygens (including phenoxy) is 2. The zero-order valence-corrected chi connectivity index (χ0v) is 12.4. The van der Waals surface area contributed by atoms with Gasteiger partial charge in [-0.15, -0.1) is 0 Å². The SMILES string of the molecule is COc1ccc([C@H](O)C#Cc2ccccc2)c(OC)c1C. The summed E-state index contributed by atoms with van der Waals surface area (Å²) in [6.07, 6.45) is -0.912. The van der Waals surface area contributed by atoms with Crippen LogP contribution in [-0.2, 0) is 0 Å². The Hall–Kier alpha value is -2.44. The van der Waals surface area contributed by atoms with Crippen molar-refractivity contribution >= 4 is 0 Å². The van der Waals surface area contributed by atoms with E-state index in [0.29, 0.717) is 11.3 Å². The summed E-state index contributed by atoms with van der Waals surface area (Å²) in [4.78, 5) is 0. The molecule has 0 aromatic heterocycles. The van der Waals surface area contributed by atoms with Gasteiger partial charge in [-0.1, -0.05) is 30.0 Å². The summed E-state index contributed by atoms with van der Waals surface area (Å²) in [5.41, 5.74) is 2.35. The maximum absolute atomic E-state index is 10.3. The van der Waals surface area contributed by atoms with Crippen LogP contribution in [0.25, 0.3) is 0 Å². The van der Waals surface area contributed by atoms with E-state index in [1.807, 2.05) is 37.3 Å². The molecule has 1 atom stereocenters. The van der Waals surface area contributed by atoms with Crippen molar-refractivity contribution in [3.05, 3.63) is 59.2 Å². The lowest BCUT2D eigenvalue weighted by Crippen LogP contribution is -2.01. The lowest BCUT2D eigenvalue weighted by Gasteiger charge is -2.15. The Balaban J connectivity index is 2.34. The van der Waals surface area contributed by atoms with E-state index in [-0.39, 0.29) is 0 Å². The van der Waals surface area contributed by atoms with E-state index in [2.05, 4.69) is 11.8 Å². The normalized spacial score (nSPS) is 11.2. The van der Waals surface area contributed by atoms with Gasteiger partial charge in [0, 0.05) is 16.7 Å². The number of methoxy groups -OCH3 is 2. The molecule has 2 aromatic rings. The molecule has 2 aromatic carbocycles. The molecule has 108 valence electrons. The Morgan fingerprint density at radius 2 is 1.71 bits per heavy atom. The van der Waals surface area contributed by atoms with Crippen molar-refractivity contribution in [2.75, 3.05) is 14.2 Å². The van der Waals surface area contributed by atoms with E-state index < -0.39 is 6.10 Å². The van der Waals surface area contributed by atoms with Crippen LogP contribution in [0.15, 0.2) is 42.5 Å². The van der Waals surface area contributed by atoms with Gasteiger partial charge in [0.2, 0.25) is 0 Å². The summed E-state index contributed by atoms with van der Waals surface area (Å²) in [7, 11) is 3.18. The Kier molecular flexibility index (Phi) is 4.86. The number of hydrogen-bond acceptors (Lipinski definition) is 3. The van der Waals surface area contributed by atoms with Gasteiger partial charge in [-0.2, -0.15) is 0 Å². The highest BCUT2D eigenvalue weighted by atomic mass is 16.5. The van der Waals surface area contributed by atoms with E-state index in [1.54, 1.807) is 26.4 Å². The molecule has 0 aliphatic heterocycles. The minimum Gasteiger partial charge on any atom is -0.496 e. The molecule has 3 heteroatoms. The largest absolute Gasteiger partial charge is 0.496 e. The highest BCUT2D eigenvalue weighted by Gasteiger charge is 2.16. The molecule has 21 heavy (non-hydrogen) atoms. The van der Waals surface area contributed by atoms with Crippen molar-refractivity contribution in [3.8, 4) is 23.3 Å². The van der Waals surface area contributed by atoms with Crippen molar-refractivity contribution in [2.24, 2.45) is 0 Å². The molecule has 0 aliphatic carbocycles. The molecule has 0 saturated carbocycles. The molecule has 0 aliphatic rings. The molecule has 0 saturated heterocycles. The van der Waals surface area contributed by atoms with E-state index in [9.17, 15) is 5.11 Å². The minimum absolute atomic E-state index is 0.601. The maximum Gasteiger partial charge on any atom is 0.144 e. The summed E-state index contributed by atoms with van der Waals surface area (Å²) in [6.45, 7) is 1.89. The van der Waals surface area contributed by atoms with Crippen molar-refractivity contribution in [1.82, 2.24) is 0 Å². The van der Waals surface area contributed by atoms with Crippen LogP contribution in [0, 0.1) is 18.8 Å². The molecule has 0 fully saturated rings. The zero-order chi connectivity index (χ0) is 15.2. The summed E-state index contributed by atoms with van der Waals surface area (Å²) in [5, 5.41) is 10.3. The summed E-state index contributed by atoms with van der Waals surface area (Å²) >= 11 is 0.